The summed E-state index contributed by atoms with van der Waals surface area (Å²) in [6, 6.07) is 6.35. The fourth-order valence-corrected chi connectivity index (χ4v) is 3.95. The first-order valence-corrected chi connectivity index (χ1v) is 8.93. The maximum Gasteiger partial charge on any atom is 0.243 e. The van der Waals surface area contributed by atoms with Gasteiger partial charge in [-0.25, -0.2) is 8.42 Å². The van der Waals surface area contributed by atoms with E-state index in [0.29, 0.717) is 25.4 Å². The maximum absolute atomic E-state index is 12.6. The standard InChI is InChI=1S/C15H20N2O4S/c1-11-10-17(8-9-21-11)22(19,20)14-6-4-13(5-7-14)16-15(18)12-2-3-12/h4-7,11-12H,2-3,8-10H2,1H3,(H,16,18). The average Bonchev–Trinajstić information content (AvgIpc) is 3.32. The number of carbonyl (C=O) groups excluding carboxylic acids is 1. The Morgan fingerprint density at radius 1 is 1.27 bits per heavy atom. The molecule has 0 spiro atoms. The van der Waals surface area contributed by atoms with Crippen LogP contribution in [-0.2, 0) is 19.6 Å². The summed E-state index contributed by atoms with van der Waals surface area (Å²) in [6.07, 6.45) is 1.78. The molecule has 0 bridgehead atoms. The number of nitrogens with one attached hydrogen (secondary N) is 1. The molecule has 120 valence electrons. The van der Waals surface area contributed by atoms with Crippen molar-refractivity contribution in [3.05, 3.63) is 24.3 Å². The Morgan fingerprint density at radius 2 is 1.95 bits per heavy atom. The number of carbonyl (C=O) groups is 1. The smallest absolute Gasteiger partial charge is 0.243 e. The Bertz CT molecular complexity index is 653. The molecule has 0 aromatic heterocycles. The average molecular weight is 324 g/mol. The number of hydrogen-bond acceptors (Lipinski definition) is 4. The van der Waals surface area contributed by atoms with Crippen molar-refractivity contribution in [3.8, 4) is 0 Å². The summed E-state index contributed by atoms with van der Waals surface area (Å²) in [6.45, 7) is 3.00. The van der Waals surface area contributed by atoms with Crippen LogP contribution in [0.4, 0.5) is 5.69 Å². The van der Waals surface area contributed by atoms with Gasteiger partial charge in [-0.15, -0.1) is 0 Å². The van der Waals surface area contributed by atoms with Crippen LogP contribution in [-0.4, -0.2) is 44.4 Å². The fraction of sp³-hybridized carbons (Fsp3) is 0.533. The fourth-order valence-electron chi connectivity index (χ4n) is 2.45. The number of morpholine rings is 1. The van der Waals surface area contributed by atoms with E-state index >= 15 is 0 Å². The third kappa shape index (κ3) is 3.31. The number of rotatable bonds is 4. The highest BCUT2D eigenvalue weighted by Crippen LogP contribution is 2.30. The molecule has 1 N–H and O–H groups in total. The largest absolute Gasteiger partial charge is 0.376 e. The van der Waals surface area contributed by atoms with Crippen LogP contribution < -0.4 is 5.32 Å². The van der Waals surface area contributed by atoms with Crippen molar-refractivity contribution in [2.75, 3.05) is 25.0 Å². The van der Waals surface area contributed by atoms with Crippen molar-refractivity contribution in [3.63, 3.8) is 0 Å². The summed E-state index contributed by atoms with van der Waals surface area (Å²) in [5, 5.41) is 2.80. The first-order valence-electron chi connectivity index (χ1n) is 7.49. The lowest BCUT2D eigenvalue weighted by atomic mass is 10.3. The molecule has 1 saturated carbocycles. The van der Waals surface area contributed by atoms with E-state index in [4.69, 9.17) is 4.74 Å². The number of nitrogens with zero attached hydrogens (tertiary/aromatic N) is 1. The quantitative estimate of drug-likeness (QED) is 0.909. The molecule has 7 heteroatoms. The van der Waals surface area contributed by atoms with Crippen molar-refractivity contribution < 1.29 is 17.9 Å². The minimum atomic E-state index is -3.50. The van der Waals surface area contributed by atoms with Crippen LogP contribution in [0.25, 0.3) is 0 Å². The van der Waals surface area contributed by atoms with Gasteiger partial charge in [0.2, 0.25) is 15.9 Å². The predicted molar refractivity (Wildman–Crippen MR) is 82.0 cm³/mol. The number of hydrogen-bond donors (Lipinski definition) is 1. The van der Waals surface area contributed by atoms with Gasteiger partial charge >= 0.3 is 0 Å². The third-order valence-electron chi connectivity index (χ3n) is 3.91. The van der Waals surface area contributed by atoms with Crippen LogP contribution >= 0.6 is 0 Å². The van der Waals surface area contributed by atoms with Gasteiger partial charge in [0, 0.05) is 24.7 Å². The zero-order valence-corrected chi connectivity index (χ0v) is 13.3. The molecule has 3 rings (SSSR count). The minimum Gasteiger partial charge on any atom is -0.376 e. The highest BCUT2D eigenvalue weighted by molar-refractivity contribution is 7.89. The van der Waals surface area contributed by atoms with Crippen molar-refractivity contribution in [1.29, 1.82) is 0 Å². The first-order chi connectivity index (χ1) is 10.5. The second-order valence-electron chi connectivity index (χ2n) is 5.83. The van der Waals surface area contributed by atoms with Crippen molar-refractivity contribution in [2.24, 2.45) is 5.92 Å². The monoisotopic (exact) mass is 324 g/mol. The van der Waals surface area contributed by atoms with E-state index < -0.39 is 10.0 Å². The second kappa shape index (κ2) is 5.98. The van der Waals surface area contributed by atoms with Crippen molar-refractivity contribution in [1.82, 2.24) is 4.31 Å². The van der Waals surface area contributed by atoms with Gasteiger partial charge in [0.25, 0.3) is 0 Å². The van der Waals surface area contributed by atoms with Crippen LogP contribution in [0.5, 0.6) is 0 Å². The molecule has 1 aliphatic heterocycles. The van der Waals surface area contributed by atoms with E-state index in [1.165, 1.54) is 16.4 Å². The molecule has 2 aliphatic rings. The van der Waals surface area contributed by atoms with Gasteiger partial charge in [-0.05, 0) is 44.0 Å². The molecule has 1 aromatic rings. The molecule has 1 aromatic carbocycles. The van der Waals surface area contributed by atoms with Gasteiger partial charge in [-0.2, -0.15) is 4.31 Å². The zero-order chi connectivity index (χ0) is 15.7. The number of sulfonamides is 1. The van der Waals surface area contributed by atoms with Gasteiger partial charge in [-0.3, -0.25) is 4.79 Å². The Kier molecular flexibility index (Phi) is 4.20. The predicted octanol–water partition coefficient (Wildman–Crippen LogP) is 1.44. The normalized spacial score (nSPS) is 23.2. The van der Waals surface area contributed by atoms with Crippen molar-refractivity contribution in [2.45, 2.75) is 30.8 Å². The number of benzene rings is 1. The Labute approximate surface area is 130 Å². The van der Waals surface area contributed by atoms with E-state index in [0.717, 1.165) is 12.8 Å². The molecular weight excluding hydrogens is 304 g/mol. The van der Waals surface area contributed by atoms with E-state index in [1.54, 1.807) is 12.1 Å². The van der Waals surface area contributed by atoms with Gasteiger partial charge in [-0.1, -0.05) is 0 Å². The molecule has 22 heavy (non-hydrogen) atoms. The molecular formula is C15H20N2O4S. The summed E-state index contributed by atoms with van der Waals surface area (Å²) >= 11 is 0. The highest BCUT2D eigenvalue weighted by atomic mass is 32.2. The third-order valence-corrected chi connectivity index (χ3v) is 5.79. The lowest BCUT2D eigenvalue weighted by Crippen LogP contribution is -2.44. The lowest BCUT2D eigenvalue weighted by molar-refractivity contribution is -0.117. The maximum atomic E-state index is 12.6. The molecule has 1 heterocycles. The van der Waals surface area contributed by atoms with Crippen LogP contribution in [0.2, 0.25) is 0 Å². The number of ether oxygens (including phenoxy) is 1. The summed E-state index contributed by atoms with van der Waals surface area (Å²) < 4.78 is 32.0. The summed E-state index contributed by atoms with van der Waals surface area (Å²) in [5.74, 6) is 0.135. The van der Waals surface area contributed by atoms with Crippen molar-refractivity contribution >= 4 is 21.6 Å². The molecule has 1 saturated heterocycles. The summed E-state index contributed by atoms with van der Waals surface area (Å²) in [4.78, 5) is 11.9. The second-order valence-corrected chi connectivity index (χ2v) is 7.77. The molecule has 1 aliphatic carbocycles. The first kappa shape index (κ1) is 15.5. The Balaban J connectivity index is 1.72. The molecule has 1 amide bonds. The van der Waals surface area contributed by atoms with Gasteiger partial charge in [0.1, 0.15) is 0 Å². The minimum absolute atomic E-state index is 0.0117. The summed E-state index contributed by atoms with van der Waals surface area (Å²) in [7, 11) is -3.50. The topological polar surface area (TPSA) is 75.7 Å². The molecule has 1 unspecified atom stereocenters. The molecule has 6 nitrogen and oxygen atoms in total. The van der Waals surface area contributed by atoms with Gasteiger partial charge in [0.05, 0.1) is 17.6 Å². The number of anilines is 1. The van der Waals surface area contributed by atoms with E-state index in [9.17, 15) is 13.2 Å². The Morgan fingerprint density at radius 3 is 2.55 bits per heavy atom. The molecule has 2 fully saturated rings. The molecule has 1 atom stereocenters. The van der Waals surface area contributed by atoms with E-state index in [-0.39, 0.29) is 22.8 Å². The zero-order valence-electron chi connectivity index (χ0n) is 12.5. The van der Waals surface area contributed by atoms with E-state index in [1.807, 2.05) is 6.92 Å². The van der Waals surface area contributed by atoms with Crippen LogP contribution in [0.1, 0.15) is 19.8 Å². The lowest BCUT2D eigenvalue weighted by Gasteiger charge is -2.30. The van der Waals surface area contributed by atoms with Gasteiger partial charge < -0.3 is 10.1 Å². The van der Waals surface area contributed by atoms with E-state index in [2.05, 4.69) is 5.32 Å². The van der Waals surface area contributed by atoms with Crippen LogP contribution in [0, 0.1) is 5.92 Å². The number of amides is 1. The van der Waals surface area contributed by atoms with Crippen LogP contribution in [0.3, 0.4) is 0 Å². The molecule has 0 radical (unpaired) electrons. The highest BCUT2D eigenvalue weighted by Gasteiger charge is 2.30. The Hall–Kier alpha value is -1.44. The van der Waals surface area contributed by atoms with Crippen LogP contribution in [0.15, 0.2) is 29.2 Å². The summed E-state index contributed by atoms with van der Waals surface area (Å²) in [5.41, 5.74) is 0.631. The SMILES string of the molecule is CC1CN(S(=O)(=O)c2ccc(NC(=O)C3CC3)cc2)CCO1. The van der Waals surface area contributed by atoms with Gasteiger partial charge in [0.15, 0.2) is 0 Å².